The van der Waals surface area contributed by atoms with Gasteiger partial charge in [0.2, 0.25) is 0 Å². The van der Waals surface area contributed by atoms with Crippen molar-refractivity contribution in [3.63, 3.8) is 0 Å². The lowest BCUT2D eigenvalue weighted by molar-refractivity contribution is 0.215. The fraction of sp³-hybridized carbons (Fsp3) is 0.381. The molecule has 1 aliphatic rings. The van der Waals surface area contributed by atoms with Crippen molar-refractivity contribution >= 4 is 21.8 Å². The van der Waals surface area contributed by atoms with E-state index in [1.165, 1.54) is 38.5 Å². The van der Waals surface area contributed by atoms with E-state index in [-0.39, 0.29) is 16.7 Å². The van der Waals surface area contributed by atoms with Gasteiger partial charge in [-0.15, -0.1) is 0 Å². The van der Waals surface area contributed by atoms with Crippen LogP contribution < -0.4 is 18.6 Å². The fourth-order valence-corrected chi connectivity index (χ4v) is 4.19. The van der Waals surface area contributed by atoms with Crippen molar-refractivity contribution in [3.8, 4) is 17.2 Å². The van der Waals surface area contributed by atoms with Crippen molar-refractivity contribution in [1.29, 1.82) is 0 Å². The molecule has 0 aliphatic carbocycles. The molecule has 1 heterocycles. The number of methoxy groups -OCH3 is 2. The van der Waals surface area contributed by atoms with E-state index in [0.29, 0.717) is 42.7 Å². The highest BCUT2D eigenvalue weighted by Crippen LogP contribution is 2.32. The third-order valence-electron chi connectivity index (χ3n) is 4.68. The molecule has 9 heteroatoms. The smallest absolute Gasteiger partial charge is 0.339 e. The van der Waals surface area contributed by atoms with Crippen molar-refractivity contribution in [2.45, 2.75) is 18.7 Å². The van der Waals surface area contributed by atoms with Gasteiger partial charge in [0.05, 0.1) is 14.2 Å². The molecule has 1 fully saturated rings. The van der Waals surface area contributed by atoms with Crippen molar-refractivity contribution in [1.82, 2.24) is 4.90 Å². The summed E-state index contributed by atoms with van der Waals surface area (Å²) in [6, 6.07) is 10.5. The topological polar surface area (TPSA) is 85.4 Å². The molecular formula is C21H26N2O6S. The molecule has 1 saturated heterocycles. The van der Waals surface area contributed by atoms with Crippen LogP contribution in [0.1, 0.15) is 13.8 Å². The molecule has 0 N–H and O–H groups in total. The third-order valence-corrected chi connectivity index (χ3v) is 5.94. The molecule has 2 aromatic rings. The first-order valence-corrected chi connectivity index (χ1v) is 11.0. The molecule has 30 heavy (non-hydrogen) atoms. The summed E-state index contributed by atoms with van der Waals surface area (Å²) in [4.78, 5) is 16.0. The van der Waals surface area contributed by atoms with Crippen LogP contribution in [-0.4, -0.2) is 53.2 Å². The summed E-state index contributed by atoms with van der Waals surface area (Å²) in [6.07, 6.45) is 0. The molecule has 0 aromatic heterocycles. The number of nitrogens with zero attached hydrogens (tertiary/aromatic N) is 2. The van der Waals surface area contributed by atoms with E-state index in [0.717, 1.165) is 0 Å². The average molecular weight is 435 g/mol. The molecule has 0 atom stereocenters. The van der Waals surface area contributed by atoms with Crippen molar-refractivity contribution in [3.05, 3.63) is 42.5 Å². The van der Waals surface area contributed by atoms with E-state index in [2.05, 4.69) is 13.8 Å². The summed E-state index contributed by atoms with van der Waals surface area (Å²) in [5.74, 6) is 1.32. The second kappa shape index (κ2) is 8.83. The Bertz CT molecular complexity index is 1000. The summed E-state index contributed by atoms with van der Waals surface area (Å²) in [6.45, 7) is 6.04. The second-order valence-electron chi connectivity index (χ2n) is 7.32. The molecule has 0 radical (unpaired) electrons. The van der Waals surface area contributed by atoms with Gasteiger partial charge in [-0.1, -0.05) is 13.8 Å². The van der Waals surface area contributed by atoms with Gasteiger partial charge in [0.25, 0.3) is 0 Å². The molecule has 2 aromatic carbocycles. The molecule has 0 bridgehead atoms. The number of rotatable bonds is 8. The molecule has 1 aliphatic heterocycles. The van der Waals surface area contributed by atoms with Crippen LogP contribution in [0, 0.1) is 5.92 Å². The summed E-state index contributed by atoms with van der Waals surface area (Å²) in [5, 5.41) is 0. The molecule has 0 unspecified atom stereocenters. The Labute approximate surface area is 177 Å². The largest absolute Gasteiger partial charge is 0.493 e. The molecule has 8 nitrogen and oxygen atoms in total. The number of urea groups is 1. The number of carbonyl (C=O) groups is 1. The fourth-order valence-electron chi connectivity index (χ4n) is 3.27. The zero-order valence-electron chi connectivity index (χ0n) is 17.5. The number of carbonyl (C=O) groups excluding carboxylic acids is 1. The number of benzene rings is 2. The van der Waals surface area contributed by atoms with Crippen LogP contribution in [0.5, 0.6) is 17.2 Å². The van der Waals surface area contributed by atoms with Gasteiger partial charge in [-0.2, -0.15) is 8.42 Å². The normalized spacial score (nSPS) is 14.4. The molecule has 0 spiro atoms. The van der Waals surface area contributed by atoms with Crippen molar-refractivity contribution in [2.75, 3.05) is 38.8 Å². The van der Waals surface area contributed by atoms with Crippen LogP contribution in [0.4, 0.5) is 10.5 Å². The van der Waals surface area contributed by atoms with Gasteiger partial charge in [-0.25, -0.2) is 4.79 Å². The minimum atomic E-state index is -4.05. The quantitative estimate of drug-likeness (QED) is 0.592. The summed E-state index contributed by atoms with van der Waals surface area (Å²) >= 11 is 0. The highest BCUT2D eigenvalue weighted by Gasteiger charge is 2.30. The maximum absolute atomic E-state index is 12.6. The van der Waals surface area contributed by atoms with E-state index in [1.54, 1.807) is 28.0 Å². The predicted molar refractivity (Wildman–Crippen MR) is 113 cm³/mol. The maximum atomic E-state index is 12.6. The van der Waals surface area contributed by atoms with Crippen LogP contribution >= 0.6 is 0 Å². The summed E-state index contributed by atoms with van der Waals surface area (Å²) in [7, 11) is -1.10. The van der Waals surface area contributed by atoms with Gasteiger partial charge < -0.3 is 18.6 Å². The summed E-state index contributed by atoms with van der Waals surface area (Å²) < 4.78 is 40.8. The maximum Gasteiger partial charge on any atom is 0.339 e. The van der Waals surface area contributed by atoms with Crippen LogP contribution in [0.2, 0.25) is 0 Å². The Hall–Kier alpha value is -2.94. The van der Waals surface area contributed by atoms with Gasteiger partial charge >= 0.3 is 16.1 Å². The zero-order chi connectivity index (χ0) is 21.9. The number of ether oxygens (including phenoxy) is 2. The van der Waals surface area contributed by atoms with Crippen LogP contribution in [-0.2, 0) is 10.1 Å². The minimum absolute atomic E-state index is 0.00767. The molecule has 162 valence electrons. The van der Waals surface area contributed by atoms with Crippen molar-refractivity contribution in [2.24, 2.45) is 5.92 Å². The lowest BCUT2D eigenvalue weighted by atomic mass is 10.2. The second-order valence-corrected chi connectivity index (χ2v) is 8.87. The predicted octanol–water partition coefficient (Wildman–Crippen LogP) is 3.37. The van der Waals surface area contributed by atoms with Crippen LogP contribution in [0.3, 0.4) is 0 Å². The van der Waals surface area contributed by atoms with Crippen LogP contribution in [0.25, 0.3) is 0 Å². The Morgan fingerprint density at radius 2 is 1.63 bits per heavy atom. The first kappa shape index (κ1) is 21.8. The standard InChI is InChI=1S/C21H26N2O6S/c1-15(2)14-22-11-12-23(21(22)24)16-5-8-18(9-6-16)30(25,26)29-17-7-10-19(27-3)20(13-17)28-4/h5-10,13,15H,11-12,14H2,1-4H3. The highest BCUT2D eigenvalue weighted by atomic mass is 32.2. The zero-order valence-corrected chi connectivity index (χ0v) is 18.3. The monoisotopic (exact) mass is 434 g/mol. The Kier molecular flexibility index (Phi) is 6.40. The molecule has 2 amide bonds. The van der Waals surface area contributed by atoms with Gasteiger partial charge in [-0.05, 0) is 42.3 Å². The number of hydrogen-bond donors (Lipinski definition) is 0. The first-order chi connectivity index (χ1) is 14.2. The highest BCUT2D eigenvalue weighted by molar-refractivity contribution is 7.87. The molecule has 3 rings (SSSR count). The summed E-state index contributed by atoms with van der Waals surface area (Å²) in [5.41, 5.74) is 0.649. The Morgan fingerprint density at radius 3 is 2.23 bits per heavy atom. The van der Waals surface area contributed by atoms with E-state index in [4.69, 9.17) is 13.7 Å². The van der Waals surface area contributed by atoms with E-state index in [1.807, 2.05) is 0 Å². The third kappa shape index (κ3) is 4.62. The average Bonchev–Trinajstić information content (AvgIpc) is 3.07. The van der Waals surface area contributed by atoms with Gasteiger partial charge in [0, 0.05) is 31.4 Å². The van der Waals surface area contributed by atoms with Gasteiger partial charge in [0.1, 0.15) is 10.6 Å². The lowest BCUT2D eigenvalue weighted by Gasteiger charge is -2.20. The van der Waals surface area contributed by atoms with E-state index >= 15 is 0 Å². The van der Waals surface area contributed by atoms with E-state index in [9.17, 15) is 13.2 Å². The SMILES string of the molecule is COc1ccc(OS(=O)(=O)c2ccc(N3CCN(CC(C)C)C3=O)cc2)cc1OC. The van der Waals surface area contributed by atoms with E-state index < -0.39 is 10.1 Å². The number of hydrogen-bond acceptors (Lipinski definition) is 6. The van der Waals surface area contributed by atoms with Crippen LogP contribution in [0.15, 0.2) is 47.4 Å². The van der Waals surface area contributed by atoms with Crippen molar-refractivity contribution < 1.29 is 26.9 Å². The Morgan fingerprint density at radius 1 is 0.967 bits per heavy atom. The van der Waals surface area contributed by atoms with Gasteiger partial charge in [-0.3, -0.25) is 4.90 Å². The molecular weight excluding hydrogens is 408 g/mol. The molecule has 0 saturated carbocycles. The first-order valence-electron chi connectivity index (χ1n) is 9.58. The lowest BCUT2D eigenvalue weighted by Crippen LogP contribution is -2.34. The minimum Gasteiger partial charge on any atom is -0.493 e. The number of anilines is 1. The van der Waals surface area contributed by atoms with Gasteiger partial charge in [0.15, 0.2) is 11.5 Å². The Balaban J connectivity index is 1.75. The number of amides is 2.